The van der Waals surface area contributed by atoms with Gasteiger partial charge in [-0.15, -0.1) is 0 Å². The number of aliphatic hydroxyl groups is 1. The molecule has 3 heteroatoms. The quantitative estimate of drug-likeness (QED) is 0.715. The van der Waals surface area contributed by atoms with Crippen LogP contribution in [0.4, 0.5) is 0 Å². The van der Waals surface area contributed by atoms with Gasteiger partial charge >= 0.3 is 0 Å². The van der Waals surface area contributed by atoms with Crippen LogP contribution >= 0.6 is 0 Å². The van der Waals surface area contributed by atoms with Crippen LogP contribution in [0.5, 0.6) is 0 Å². The molecule has 0 fully saturated rings. The fourth-order valence-corrected chi connectivity index (χ4v) is 1.57. The van der Waals surface area contributed by atoms with Crippen molar-refractivity contribution in [3.8, 4) is 0 Å². The number of hydrogen-bond acceptors (Lipinski definition) is 3. The molecule has 2 rings (SSSR count). The van der Waals surface area contributed by atoms with Gasteiger partial charge in [-0.2, -0.15) is 0 Å². The second kappa shape index (κ2) is 3.88. The van der Waals surface area contributed by atoms with Crippen molar-refractivity contribution in [3.05, 3.63) is 54.2 Å². The normalized spacial score (nSPS) is 24.5. The molecule has 0 saturated heterocycles. The van der Waals surface area contributed by atoms with Crippen molar-refractivity contribution in [1.82, 2.24) is 5.32 Å². The molecule has 0 amide bonds. The van der Waals surface area contributed by atoms with Gasteiger partial charge in [-0.3, -0.25) is 0 Å². The third-order valence-electron chi connectivity index (χ3n) is 2.38. The zero-order valence-electron chi connectivity index (χ0n) is 8.47. The molecule has 15 heavy (non-hydrogen) atoms. The number of rotatable bonds is 2. The van der Waals surface area contributed by atoms with Gasteiger partial charge in [0.15, 0.2) is 0 Å². The van der Waals surface area contributed by atoms with E-state index in [2.05, 4.69) is 5.32 Å². The maximum atomic E-state index is 10.1. The van der Waals surface area contributed by atoms with E-state index >= 15 is 0 Å². The molecule has 1 aromatic rings. The van der Waals surface area contributed by atoms with Crippen LogP contribution in [0, 0.1) is 0 Å². The number of methoxy groups -OCH3 is 1. The Hall–Kier alpha value is -1.58. The number of ether oxygens (including phenoxy) is 1. The van der Waals surface area contributed by atoms with Gasteiger partial charge in [0.25, 0.3) is 5.91 Å². The number of hydrogen-bond donors (Lipinski definition) is 2. The summed E-state index contributed by atoms with van der Waals surface area (Å²) < 4.78 is 5.07. The number of benzene rings is 1. The lowest BCUT2D eigenvalue weighted by Gasteiger charge is -2.31. The van der Waals surface area contributed by atoms with Crippen LogP contribution in [0.3, 0.4) is 0 Å². The Balaban J connectivity index is 2.42. The summed E-state index contributed by atoms with van der Waals surface area (Å²) in [5.74, 6) is -1.43. The predicted molar refractivity (Wildman–Crippen MR) is 58.7 cm³/mol. The van der Waals surface area contributed by atoms with Gasteiger partial charge in [-0.1, -0.05) is 30.3 Å². The van der Waals surface area contributed by atoms with Crippen LogP contribution in [0.2, 0.25) is 0 Å². The van der Waals surface area contributed by atoms with E-state index in [1.165, 1.54) is 7.11 Å². The van der Waals surface area contributed by atoms with Crippen molar-refractivity contribution >= 4 is 5.57 Å². The van der Waals surface area contributed by atoms with Gasteiger partial charge < -0.3 is 15.2 Å². The van der Waals surface area contributed by atoms with Gasteiger partial charge in [-0.05, 0) is 17.7 Å². The van der Waals surface area contributed by atoms with Gasteiger partial charge in [0.05, 0.1) is 0 Å². The molecule has 1 aliphatic heterocycles. The van der Waals surface area contributed by atoms with E-state index in [9.17, 15) is 5.11 Å². The zero-order chi connectivity index (χ0) is 10.7. The summed E-state index contributed by atoms with van der Waals surface area (Å²) in [7, 11) is 1.46. The minimum Gasteiger partial charge on any atom is -0.345 e. The Labute approximate surface area is 88.7 Å². The van der Waals surface area contributed by atoms with E-state index in [-0.39, 0.29) is 0 Å². The largest absolute Gasteiger partial charge is 0.345 e. The highest BCUT2D eigenvalue weighted by atomic mass is 16.6. The standard InChI is InChI=1S/C12H13NO2/c1-15-12(14)11(8-5-9-13-12)10-6-3-2-4-7-10/h2-9,13-14H,1H3. The molecule has 0 spiro atoms. The van der Waals surface area contributed by atoms with E-state index in [0.29, 0.717) is 5.57 Å². The molecule has 0 bridgehead atoms. The molecular weight excluding hydrogens is 190 g/mol. The van der Waals surface area contributed by atoms with Crippen LogP contribution < -0.4 is 5.32 Å². The van der Waals surface area contributed by atoms with Gasteiger partial charge in [0, 0.05) is 18.9 Å². The van der Waals surface area contributed by atoms with Crippen LogP contribution in [-0.2, 0) is 4.74 Å². The van der Waals surface area contributed by atoms with Gasteiger partial charge in [0.1, 0.15) is 0 Å². The van der Waals surface area contributed by atoms with Crippen molar-refractivity contribution in [2.45, 2.75) is 5.91 Å². The second-order valence-corrected chi connectivity index (χ2v) is 3.30. The molecule has 1 aliphatic rings. The third-order valence-corrected chi connectivity index (χ3v) is 2.38. The molecular formula is C12H13NO2. The summed E-state index contributed by atoms with van der Waals surface area (Å²) in [4.78, 5) is 0. The summed E-state index contributed by atoms with van der Waals surface area (Å²) in [5.41, 5.74) is 1.63. The second-order valence-electron chi connectivity index (χ2n) is 3.30. The average Bonchev–Trinajstić information content (AvgIpc) is 2.31. The Morgan fingerprint density at radius 3 is 2.67 bits per heavy atom. The lowest BCUT2D eigenvalue weighted by Crippen LogP contribution is -2.46. The highest BCUT2D eigenvalue weighted by Gasteiger charge is 2.32. The highest BCUT2D eigenvalue weighted by Crippen LogP contribution is 2.27. The lowest BCUT2D eigenvalue weighted by atomic mass is 10.0. The SMILES string of the molecule is COC1(O)NC=CC=C1c1ccccc1. The molecule has 1 aromatic carbocycles. The predicted octanol–water partition coefficient (Wildman–Crippen LogP) is 1.48. The van der Waals surface area contributed by atoms with E-state index in [1.807, 2.05) is 42.5 Å². The van der Waals surface area contributed by atoms with Gasteiger partial charge in [0.2, 0.25) is 0 Å². The molecule has 3 nitrogen and oxygen atoms in total. The Bertz CT molecular complexity index is 397. The summed E-state index contributed by atoms with van der Waals surface area (Å²) in [6.07, 6.45) is 5.31. The monoisotopic (exact) mass is 203 g/mol. The average molecular weight is 203 g/mol. The fraction of sp³-hybridized carbons (Fsp3) is 0.167. The first-order valence-corrected chi connectivity index (χ1v) is 4.74. The van der Waals surface area contributed by atoms with E-state index in [0.717, 1.165) is 5.56 Å². The molecule has 2 N–H and O–H groups in total. The molecule has 1 atom stereocenters. The van der Waals surface area contributed by atoms with Crippen molar-refractivity contribution in [2.75, 3.05) is 7.11 Å². The topological polar surface area (TPSA) is 41.5 Å². The molecule has 1 heterocycles. The highest BCUT2D eigenvalue weighted by molar-refractivity contribution is 5.72. The Kier molecular flexibility index (Phi) is 2.58. The van der Waals surface area contributed by atoms with Crippen molar-refractivity contribution in [3.63, 3.8) is 0 Å². The Morgan fingerprint density at radius 2 is 2.00 bits per heavy atom. The maximum Gasteiger partial charge on any atom is 0.275 e. The van der Waals surface area contributed by atoms with Crippen LogP contribution in [-0.4, -0.2) is 18.1 Å². The minimum atomic E-state index is -1.43. The molecule has 78 valence electrons. The fourth-order valence-electron chi connectivity index (χ4n) is 1.57. The molecule has 0 saturated carbocycles. The summed E-state index contributed by atoms with van der Waals surface area (Å²) in [6, 6.07) is 9.63. The first-order chi connectivity index (χ1) is 7.26. The van der Waals surface area contributed by atoms with Crippen molar-refractivity contribution in [1.29, 1.82) is 0 Å². The van der Waals surface area contributed by atoms with Crippen LogP contribution in [0.1, 0.15) is 5.56 Å². The van der Waals surface area contributed by atoms with E-state index in [4.69, 9.17) is 4.74 Å². The Morgan fingerprint density at radius 1 is 1.27 bits per heavy atom. The first kappa shape index (κ1) is 9.96. The lowest BCUT2D eigenvalue weighted by molar-refractivity contribution is -0.152. The van der Waals surface area contributed by atoms with Crippen molar-refractivity contribution in [2.24, 2.45) is 0 Å². The number of dihydropyridines is 1. The van der Waals surface area contributed by atoms with E-state index < -0.39 is 5.91 Å². The number of nitrogens with one attached hydrogen (secondary N) is 1. The minimum absolute atomic E-state index is 0.702. The third kappa shape index (κ3) is 1.79. The summed E-state index contributed by atoms with van der Waals surface area (Å²) in [6.45, 7) is 0. The van der Waals surface area contributed by atoms with Gasteiger partial charge in [-0.25, -0.2) is 0 Å². The summed E-state index contributed by atoms with van der Waals surface area (Å²) in [5, 5.41) is 12.9. The zero-order valence-corrected chi connectivity index (χ0v) is 8.47. The van der Waals surface area contributed by atoms with Crippen LogP contribution in [0.25, 0.3) is 5.57 Å². The smallest absolute Gasteiger partial charge is 0.275 e. The maximum absolute atomic E-state index is 10.1. The molecule has 0 aliphatic carbocycles. The molecule has 0 aromatic heterocycles. The first-order valence-electron chi connectivity index (χ1n) is 4.74. The van der Waals surface area contributed by atoms with E-state index in [1.54, 1.807) is 6.20 Å². The van der Waals surface area contributed by atoms with Crippen molar-refractivity contribution < 1.29 is 9.84 Å². The summed E-state index contributed by atoms with van der Waals surface area (Å²) >= 11 is 0. The molecule has 1 unspecified atom stereocenters. The number of allylic oxidation sites excluding steroid dienone is 2. The molecule has 0 radical (unpaired) electrons. The van der Waals surface area contributed by atoms with Crippen LogP contribution in [0.15, 0.2) is 48.7 Å².